The van der Waals surface area contributed by atoms with Gasteiger partial charge in [0.15, 0.2) is 0 Å². The molecule has 15 heavy (non-hydrogen) atoms. The monoisotopic (exact) mass is 210 g/mol. The fourth-order valence-corrected chi connectivity index (χ4v) is 1.77. The minimum Gasteiger partial charge on any atom is -0.271 e. The lowest BCUT2D eigenvalue weighted by Crippen LogP contribution is -2.32. The molecule has 0 aromatic heterocycles. The molecule has 0 saturated carbocycles. The highest BCUT2D eigenvalue weighted by Crippen LogP contribution is 2.24. The van der Waals surface area contributed by atoms with E-state index < -0.39 is 0 Å². The van der Waals surface area contributed by atoms with Crippen LogP contribution in [0.4, 0.5) is 4.39 Å². The molecule has 1 rings (SSSR count). The summed E-state index contributed by atoms with van der Waals surface area (Å²) in [6.45, 7) is 6.09. The van der Waals surface area contributed by atoms with Crippen LogP contribution in [0.25, 0.3) is 0 Å². The van der Waals surface area contributed by atoms with Gasteiger partial charge in [0.25, 0.3) is 0 Å². The van der Waals surface area contributed by atoms with Crippen LogP contribution in [-0.2, 0) is 0 Å². The van der Waals surface area contributed by atoms with E-state index in [4.69, 9.17) is 5.84 Å². The molecule has 1 aromatic rings. The van der Waals surface area contributed by atoms with Crippen molar-refractivity contribution in [2.75, 3.05) is 0 Å². The third kappa shape index (κ3) is 3.01. The molecule has 0 heterocycles. The molecule has 0 aliphatic heterocycles. The lowest BCUT2D eigenvalue weighted by Gasteiger charge is -2.22. The summed E-state index contributed by atoms with van der Waals surface area (Å²) in [5.74, 6) is 5.69. The Bertz CT molecular complexity index is 305. The van der Waals surface area contributed by atoms with Crippen molar-refractivity contribution >= 4 is 0 Å². The number of halogens is 1. The maximum Gasteiger partial charge on any atom is 0.123 e. The smallest absolute Gasteiger partial charge is 0.123 e. The average Bonchev–Trinajstić information content (AvgIpc) is 2.17. The SMILES string of the molecule is CCC(C)C(NN)c1cc(C)cc(F)c1. The summed E-state index contributed by atoms with van der Waals surface area (Å²) in [6.07, 6.45) is 1.00. The molecule has 2 unspecified atom stereocenters. The third-order valence-electron chi connectivity index (χ3n) is 2.82. The molecule has 0 bridgehead atoms. The van der Waals surface area contributed by atoms with Gasteiger partial charge in [-0.1, -0.05) is 26.3 Å². The van der Waals surface area contributed by atoms with Crippen molar-refractivity contribution < 1.29 is 4.39 Å². The van der Waals surface area contributed by atoms with Crippen LogP contribution in [-0.4, -0.2) is 0 Å². The molecule has 3 N–H and O–H groups in total. The molecule has 0 amide bonds. The average molecular weight is 210 g/mol. The van der Waals surface area contributed by atoms with Gasteiger partial charge in [-0.25, -0.2) is 4.39 Å². The first-order valence-electron chi connectivity index (χ1n) is 5.31. The van der Waals surface area contributed by atoms with Crippen LogP contribution in [0.3, 0.4) is 0 Å². The molecule has 0 aliphatic rings. The predicted molar refractivity (Wildman–Crippen MR) is 60.7 cm³/mol. The van der Waals surface area contributed by atoms with E-state index in [-0.39, 0.29) is 11.9 Å². The van der Waals surface area contributed by atoms with Gasteiger partial charge in [0.2, 0.25) is 0 Å². The van der Waals surface area contributed by atoms with E-state index in [1.165, 1.54) is 6.07 Å². The Morgan fingerprint density at radius 2 is 2.07 bits per heavy atom. The van der Waals surface area contributed by atoms with Gasteiger partial charge < -0.3 is 0 Å². The van der Waals surface area contributed by atoms with Crippen molar-refractivity contribution in [2.24, 2.45) is 11.8 Å². The van der Waals surface area contributed by atoms with Gasteiger partial charge in [0.1, 0.15) is 5.82 Å². The Morgan fingerprint density at radius 3 is 2.53 bits per heavy atom. The molecule has 0 aliphatic carbocycles. The first-order chi connectivity index (χ1) is 7.08. The molecule has 3 heteroatoms. The Kier molecular flexibility index (Phi) is 4.24. The molecular weight excluding hydrogens is 191 g/mol. The molecule has 1 aromatic carbocycles. The number of rotatable bonds is 4. The number of hydrogen-bond acceptors (Lipinski definition) is 2. The second kappa shape index (κ2) is 5.24. The minimum absolute atomic E-state index is 0.0180. The number of hydrogen-bond donors (Lipinski definition) is 2. The van der Waals surface area contributed by atoms with Crippen molar-refractivity contribution in [3.05, 3.63) is 35.1 Å². The summed E-state index contributed by atoms with van der Waals surface area (Å²) in [5.41, 5.74) is 4.60. The second-order valence-corrected chi connectivity index (χ2v) is 4.09. The largest absolute Gasteiger partial charge is 0.271 e. The normalized spacial score (nSPS) is 15.0. The fraction of sp³-hybridized carbons (Fsp3) is 0.500. The topological polar surface area (TPSA) is 38.0 Å². The van der Waals surface area contributed by atoms with Crippen LogP contribution in [0.2, 0.25) is 0 Å². The van der Waals surface area contributed by atoms with Gasteiger partial charge >= 0.3 is 0 Å². The molecule has 0 radical (unpaired) electrons. The fourth-order valence-electron chi connectivity index (χ4n) is 1.77. The lowest BCUT2D eigenvalue weighted by atomic mass is 9.92. The number of aryl methyl sites for hydroxylation is 1. The summed E-state index contributed by atoms with van der Waals surface area (Å²) >= 11 is 0. The zero-order valence-corrected chi connectivity index (χ0v) is 9.55. The Hall–Kier alpha value is -0.930. The van der Waals surface area contributed by atoms with Crippen LogP contribution in [0.1, 0.15) is 37.4 Å². The summed E-state index contributed by atoms with van der Waals surface area (Å²) in [4.78, 5) is 0. The van der Waals surface area contributed by atoms with E-state index in [1.54, 1.807) is 6.07 Å². The molecule has 0 saturated heterocycles. The molecule has 84 valence electrons. The van der Waals surface area contributed by atoms with Crippen molar-refractivity contribution in [3.63, 3.8) is 0 Å². The van der Waals surface area contributed by atoms with Crippen LogP contribution in [0, 0.1) is 18.7 Å². The number of nitrogens with two attached hydrogens (primary N) is 1. The Balaban J connectivity index is 3.01. The zero-order valence-electron chi connectivity index (χ0n) is 9.55. The van der Waals surface area contributed by atoms with Crippen molar-refractivity contribution in [3.8, 4) is 0 Å². The molecule has 2 atom stereocenters. The third-order valence-corrected chi connectivity index (χ3v) is 2.82. The first-order valence-corrected chi connectivity index (χ1v) is 5.31. The molecular formula is C12H19FN2. The van der Waals surface area contributed by atoms with Gasteiger partial charge in [-0.05, 0) is 36.1 Å². The van der Waals surface area contributed by atoms with Gasteiger partial charge in [0.05, 0.1) is 0 Å². The Morgan fingerprint density at radius 1 is 1.40 bits per heavy atom. The van der Waals surface area contributed by atoms with Crippen LogP contribution >= 0.6 is 0 Å². The summed E-state index contributed by atoms with van der Waals surface area (Å²) in [7, 11) is 0. The van der Waals surface area contributed by atoms with E-state index in [0.717, 1.165) is 17.5 Å². The van der Waals surface area contributed by atoms with E-state index in [1.807, 2.05) is 13.0 Å². The molecule has 0 fully saturated rings. The number of hydrazine groups is 1. The highest BCUT2D eigenvalue weighted by Gasteiger charge is 2.17. The number of nitrogens with one attached hydrogen (secondary N) is 1. The van der Waals surface area contributed by atoms with Crippen molar-refractivity contribution in [2.45, 2.75) is 33.2 Å². The van der Waals surface area contributed by atoms with E-state index >= 15 is 0 Å². The van der Waals surface area contributed by atoms with Gasteiger partial charge in [-0.15, -0.1) is 0 Å². The summed E-state index contributed by atoms with van der Waals surface area (Å²) in [5, 5.41) is 0. The molecule has 2 nitrogen and oxygen atoms in total. The molecule has 0 spiro atoms. The standard InChI is InChI=1S/C12H19FN2/c1-4-9(3)12(15-14)10-5-8(2)6-11(13)7-10/h5-7,9,12,15H,4,14H2,1-3H3. The van der Waals surface area contributed by atoms with Crippen molar-refractivity contribution in [1.29, 1.82) is 0 Å². The summed E-state index contributed by atoms with van der Waals surface area (Å²) < 4.78 is 13.2. The van der Waals surface area contributed by atoms with Gasteiger partial charge in [-0.2, -0.15) is 0 Å². The zero-order chi connectivity index (χ0) is 11.4. The van der Waals surface area contributed by atoms with E-state index in [9.17, 15) is 4.39 Å². The highest BCUT2D eigenvalue weighted by molar-refractivity contribution is 5.26. The van der Waals surface area contributed by atoms with Crippen LogP contribution in [0.15, 0.2) is 18.2 Å². The predicted octanol–water partition coefficient (Wildman–Crippen LogP) is 2.68. The minimum atomic E-state index is -0.200. The van der Waals surface area contributed by atoms with Gasteiger partial charge in [0, 0.05) is 6.04 Å². The highest BCUT2D eigenvalue weighted by atomic mass is 19.1. The maximum atomic E-state index is 13.2. The van der Waals surface area contributed by atoms with Crippen LogP contribution in [0.5, 0.6) is 0 Å². The van der Waals surface area contributed by atoms with E-state index in [0.29, 0.717) is 5.92 Å². The first kappa shape index (κ1) is 12.1. The quantitative estimate of drug-likeness (QED) is 0.592. The lowest BCUT2D eigenvalue weighted by molar-refractivity contribution is 0.381. The Labute approximate surface area is 90.6 Å². The van der Waals surface area contributed by atoms with E-state index in [2.05, 4.69) is 19.3 Å². The second-order valence-electron chi connectivity index (χ2n) is 4.09. The summed E-state index contributed by atoms with van der Waals surface area (Å²) in [6, 6.07) is 5.06. The van der Waals surface area contributed by atoms with Crippen LogP contribution < -0.4 is 11.3 Å². The number of benzene rings is 1. The van der Waals surface area contributed by atoms with Crippen molar-refractivity contribution in [1.82, 2.24) is 5.43 Å². The van der Waals surface area contributed by atoms with Gasteiger partial charge in [-0.3, -0.25) is 11.3 Å². The maximum absolute atomic E-state index is 13.2.